The molecule has 1 heterocycles. The molecule has 2 bridgehead atoms. The number of nitrogens with zero attached hydrogens (tertiary/aromatic N) is 1. The van der Waals surface area contributed by atoms with Crippen LogP contribution >= 0.6 is 0 Å². The summed E-state index contributed by atoms with van der Waals surface area (Å²) in [6.45, 7) is 4.01. The fraction of sp³-hybridized carbons (Fsp3) is 0.346. The van der Waals surface area contributed by atoms with Crippen LogP contribution in [0.15, 0.2) is 60.7 Å². The van der Waals surface area contributed by atoms with E-state index in [0.717, 1.165) is 23.1 Å². The minimum Gasteiger partial charge on any atom is -0.324 e. The molecule has 3 amide bonds. The third-order valence-electron chi connectivity index (χ3n) is 7.17. The minimum absolute atomic E-state index is 0.122. The molecule has 1 saturated heterocycles. The maximum atomic E-state index is 13.4. The van der Waals surface area contributed by atoms with Crippen LogP contribution < -0.4 is 5.32 Å². The van der Waals surface area contributed by atoms with E-state index >= 15 is 0 Å². The van der Waals surface area contributed by atoms with Crippen molar-refractivity contribution in [2.75, 3.05) is 5.32 Å². The number of anilines is 1. The number of hydrogen-bond acceptors (Lipinski definition) is 3. The van der Waals surface area contributed by atoms with Gasteiger partial charge in [-0.05, 0) is 60.9 Å². The average Bonchev–Trinajstić information content (AvgIpc) is 3.44. The number of aryl methyl sites for hydroxylation is 2. The van der Waals surface area contributed by atoms with Crippen LogP contribution in [0.4, 0.5) is 5.69 Å². The average molecular weight is 415 g/mol. The zero-order valence-electron chi connectivity index (χ0n) is 17.7. The van der Waals surface area contributed by atoms with Crippen molar-refractivity contribution in [1.82, 2.24) is 4.90 Å². The number of allylic oxidation sites excluding steroid dienone is 2. The minimum atomic E-state index is -0.867. The van der Waals surface area contributed by atoms with Crippen LogP contribution in [-0.2, 0) is 20.8 Å². The SMILES string of the molecule is Cc1ccc(NC(=O)[C@H](Cc2ccccc2)N2C(=O)[C@@H]3[C@H](C2=O)[C@H]2C=C[C@H]3C2)cc1C. The van der Waals surface area contributed by atoms with Gasteiger partial charge in [-0.3, -0.25) is 19.3 Å². The summed E-state index contributed by atoms with van der Waals surface area (Å²) in [6.07, 6.45) is 5.32. The first-order valence-corrected chi connectivity index (χ1v) is 10.9. The molecule has 1 aliphatic heterocycles. The van der Waals surface area contributed by atoms with Gasteiger partial charge in [-0.25, -0.2) is 0 Å². The molecule has 1 N–H and O–H groups in total. The molecule has 5 rings (SSSR count). The van der Waals surface area contributed by atoms with Gasteiger partial charge in [-0.15, -0.1) is 0 Å². The second kappa shape index (κ2) is 7.49. The summed E-state index contributed by atoms with van der Waals surface area (Å²) < 4.78 is 0. The number of carbonyl (C=O) groups is 3. The summed E-state index contributed by atoms with van der Waals surface area (Å²) in [5.74, 6) is -1.08. The largest absolute Gasteiger partial charge is 0.324 e. The monoisotopic (exact) mass is 414 g/mol. The highest BCUT2D eigenvalue weighted by Crippen LogP contribution is 2.53. The van der Waals surface area contributed by atoms with Gasteiger partial charge in [0.2, 0.25) is 17.7 Å². The first-order chi connectivity index (χ1) is 14.9. The van der Waals surface area contributed by atoms with E-state index in [-0.39, 0.29) is 41.4 Å². The van der Waals surface area contributed by atoms with Gasteiger partial charge < -0.3 is 5.32 Å². The van der Waals surface area contributed by atoms with Gasteiger partial charge in [0.15, 0.2) is 0 Å². The molecular formula is C26H26N2O3. The Hall–Kier alpha value is -3.21. The number of rotatable bonds is 5. The van der Waals surface area contributed by atoms with Gasteiger partial charge in [-0.2, -0.15) is 0 Å². The number of hydrogen-bond donors (Lipinski definition) is 1. The van der Waals surface area contributed by atoms with E-state index in [1.165, 1.54) is 4.90 Å². The van der Waals surface area contributed by atoms with Crippen LogP contribution in [0.3, 0.4) is 0 Å². The Bertz CT molecular complexity index is 1060. The van der Waals surface area contributed by atoms with E-state index in [2.05, 4.69) is 17.5 Å². The zero-order chi connectivity index (χ0) is 21.7. The Morgan fingerprint density at radius 3 is 2.23 bits per heavy atom. The molecule has 0 unspecified atom stereocenters. The van der Waals surface area contributed by atoms with Crippen molar-refractivity contribution in [2.24, 2.45) is 23.7 Å². The van der Waals surface area contributed by atoms with Crippen molar-refractivity contribution < 1.29 is 14.4 Å². The standard InChI is InChI=1S/C26H26N2O3/c1-15-8-11-20(12-16(15)2)27-24(29)21(13-17-6-4-3-5-7-17)28-25(30)22-18-9-10-19(14-18)23(22)26(28)31/h3-12,18-19,21-23H,13-14H2,1-2H3,(H,27,29)/t18-,19-,21-,22-,23+/m0/s1. The third-order valence-corrected chi connectivity index (χ3v) is 7.17. The van der Waals surface area contributed by atoms with Gasteiger partial charge in [0.1, 0.15) is 6.04 Å². The number of fused-ring (bicyclic) bond motifs is 5. The second-order valence-corrected chi connectivity index (χ2v) is 9.04. The fourth-order valence-corrected chi connectivity index (χ4v) is 5.42. The maximum Gasteiger partial charge on any atom is 0.248 e. The van der Waals surface area contributed by atoms with Crippen molar-refractivity contribution in [3.05, 3.63) is 77.4 Å². The molecule has 3 aliphatic rings. The number of nitrogens with one attached hydrogen (secondary N) is 1. The van der Waals surface area contributed by atoms with Crippen molar-refractivity contribution in [2.45, 2.75) is 32.7 Å². The highest BCUT2D eigenvalue weighted by molar-refractivity contribution is 6.11. The Balaban J connectivity index is 1.46. The lowest BCUT2D eigenvalue weighted by Crippen LogP contribution is -2.49. The molecule has 2 aromatic rings. The second-order valence-electron chi connectivity index (χ2n) is 9.04. The van der Waals surface area contributed by atoms with E-state index in [1.54, 1.807) is 0 Å². The molecule has 5 atom stereocenters. The predicted octanol–water partition coefficient (Wildman–Crippen LogP) is 3.66. The lowest BCUT2D eigenvalue weighted by Gasteiger charge is -2.27. The third kappa shape index (κ3) is 3.29. The normalized spacial score (nSPS) is 27.0. The van der Waals surface area contributed by atoms with E-state index in [0.29, 0.717) is 12.1 Å². The highest BCUT2D eigenvalue weighted by atomic mass is 16.2. The smallest absolute Gasteiger partial charge is 0.248 e. The Labute approximate surface area is 182 Å². The molecule has 5 heteroatoms. The molecule has 2 fully saturated rings. The van der Waals surface area contributed by atoms with E-state index < -0.39 is 6.04 Å². The number of imide groups is 1. The summed E-state index contributed by atoms with van der Waals surface area (Å²) in [4.78, 5) is 41.4. The van der Waals surface area contributed by atoms with Crippen molar-refractivity contribution >= 4 is 23.4 Å². The van der Waals surface area contributed by atoms with Crippen LogP contribution in [0.2, 0.25) is 0 Å². The van der Waals surface area contributed by atoms with Crippen LogP contribution in [-0.4, -0.2) is 28.7 Å². The molecule has 0 spiro atoms. The lowest BCUT2D eigenvalue weighted by atomic mass is 9.85. The number of likely N-dealkylation sites (tertiary alicyclic amines) is 1. The molecule has 0 aromatic heterocycles. The molecular weight excluding hydrogens is 388 g/mol. The Morgan fingerprint density at radius 1 is 0.968 bits per heavy atom. The van der Waals surface area contributed by atoms with Gasteiger partial charge in [-0.1, -0.05) is 48.6 Å². The first-order valence-electron chi connectivity index (χ1n) is 10.9. The molecule has 2 aliphatic carbocycles. The van der Waals surface area contributed by atoms with Gasteiger partial charge >= 0.3 is 0 Å². The predicted molar refractivity (Wildman–Crippen MR) is 118 cm³/mol. The molecule has 158 valence electrons. The van der Waals surface area contributed by atoms with Gasteiger partial charge in [0.05, 0.1) is 11.8 Å². The molecule has 2 aromatic carbocycles. The first kappa shape index (κ1) is 19.7. The summed E-state index contributed by atoms with van der Waals surface area (Å²) in [5.41, 5.74) is 3.80. The van der Waals surface area contributed by atoms with Gasteiger partial charge in [0.25, 0.3) is 0 Å². The Morgan fingerprint density at radius 2 is 1.61 bits per heavy atom. The summed E-state index contributed by atoms with van der Waals surface area (Å²) >= 11 is 0. The quantitative estimate of drug-likeness (QED) is 0.600. The summed E-state index contributed by atoms with van der Waals surface area (Å²) in [5, 5.41) is 2.95. The molecule has 1 saturated carbocycles. The van der Waals surface area contributed by atoms with Crippen molar-refractivity contribution in [3.8, 4) is 0 Å². The number of carbonyl (C=O) groups excluding carboxylic acids is 3. The van der Waals surface area contributed by atoms with Crippen molar-refractivity contribution in [3.63, 3.8) is 0 Å². The van der Waals surface area contributed by atoms with Crippen LogP contribution in [0, 0.1) is 37.5 Å². The lowest BCUT2D eigenvalue weighted by molar-refractivity contribution is -0.147. The summed E-state index contributed by atoms with van der Waals surface area (Å²) in [6, 6.07) is 14.4. The number of benzene rings is 2. The molecule has 5 nitrogen and oxygen atoms in total. The Kier molecular flexibility index (Phi) is 4.77. The highest BCUT2D eigenvalue weighted by Gasteiger charge is 2.61. The fourth-order valence-electron chi connectivity index (χ4n) is 5.42. The number of amides is 3. The van der Waals surface area contributed by atoms with E-state index in [4.69, 9.17) is 0 Å². The van der Waals surface area contributed by atoms with Crippen LogP contribution in [0.1, 0.15) is 23.1 Å². The van der Waals surface area contributed by atoms with E-state index in [9.17, 15) is 14.4 Å². The molecule has 31 heavy (non-hydrogen) atoms. The van der Waals surface area contributed by atoms with E-state index in [1.807, 2.05) is 62.4 Å². The summed E-state index contributed by atoms with van der Waals surface area (Å²) in [7, 11) is 0. The zero-order valence-corrected chi connectivity index (χ0v) is 17.7. The maximum absolute atomic E-state index is 13.4. The van der Waals surface area contributed by atoms with Crippen molar-refractivity contribution in [1.29, 1.82) is 0 Å². The molecule has 0 radical (unpaired) electrons. The topological polar surface area (TPSA) is 66.5 Å². The van der Waals surface area contributed by atoms with Crippen LogP contribution in [0.25, 0.3) is 0 Å². The van der Waals surface area contributed by atoms with Gasteiger partial charge in [0, 0.05) is 12.1 Å². The van der Waals surface area contributed by atoms with Crippen LogP contribution in [0.5, 0.6) is 0 Å².